The van der Waals surface area contributed by atoms with Crippen molar-refractivity contribution >= 4 is 60.7 Å². The average molecular weight is 654 g/mol. The smallest absolute Gasteiger partial charge is 0.319 e. The van der Waals surface area contributed by atoms with Crippen molar-refractivity contribution in [3.8, 4) is 29.0 Å². The number of anilines is 2. The van der Waals surface area contributed by atoms with Gasteiger partial charge in [-0.1, -0.05) is 17.7 Å². The van der Waals surface area contributed by atoms with Gasteiger partial charge in [0.2, 0.25) is 5.91 Å². The minimum absolute atomic E-state index is 0.0150. The van der Waals surface area contributed by atoms with Crippen LogP contribution in [0.3, 0.4) is 0 Å². The highest BCUT2D eigenvalue weighted by atomic mass is 35.5. The van der Waals surface area contributed by atoms with Gasteiger partial charge in [-0.15, -0.1) is 11.3 Å². The maximum atomic E-state index is 17.0. The summed E-state index contributed by atoms with van der Waals surface area (Å²) >= 11 is 7.89. The van der Waals surface area contributed by atoms with Gasteiger partial charge in [0, 0.05) is 43.5 Å². The minimum Gasteiger partial charge on any atom is -0.489 e. The van der Waals surface area contributed by atoms with Crippen LogP contribution in [0.1, 0.15) is 31.2 Å². The van der Waals surface area contributed by atoms with E-state index in [-0.39, 0.29) is 78.0 Å². The molecule has 0 saturated carbocycles. The number of benzene rings is 2. The molecule has 234 valence electrons. The second kappa shape index (κ2) is 11.4. The fourth-order valence-electron chi connectivity index (χ4n) is 6.70. The second-order valence-electron chi connectivity index (χ2n) is 11.7. The van der Waals surface area contributed by atoms with Crippen LogP contribution in [0.25, 0.3) is 32.1 Å². The molecule has 4 aromatic rings. The molecule has 3 aliphatic rings. The van der Waals surface area contributed by atoms with Crippen molar-refractivity contribution in [2.24, 2.45) is 0 Å². The predicted octanol–water partition coefficient (Wildman–Crippen LogP) is 5.19. The Labute approximate surface area is 266 Å². The number of thiophene rings is 1. The number of hydrogen-bond donors (Lipinski definition) is 1. The first-order valence-electron chi connectivity index (χ1n) is 14.8. The normalized spacial score (nSPS) is 20.9. The zero-order valence-corrected chi connectivity index (χ0v) is 26.3. The van der Waals surface area contributed by atoms with Crippen molar-refractivity contribution in [2.75, 3.05) is 57.5 Å². The Balaban J connectivity index is 1.49. The zero-order chi connectivity index (χ0) is 31.6. The molecule has 2 N–H and O–H groups in total. The Morgan fingerprint density at radius 2 is 1.96 bits per heavy atom. The first-order valence-corrected chi connectivity index (χ1v) is 16.0. The van der Waals surface area contributed by atoms with Crippen LogP contribution in [0.15, 0.2) is 12.1 Å². The van der Waals surface area contributed by atoms with Crippen molar-refractivity contribution in [2.45, 2.75) is 37.8 Å². The number of aromatic nitrogens is 2. The van der Waals surface area contributed by atoms with Crippen LogP contribution in [0.2, 0.25) is 5.02 Å². The number of nitrogen functional groups attached to an aromatic ring is 1. The number of nitrogens with two attached hydrogens (primary N) is 1. The quantitative estimate of drug-likeness (QED) is 0.312. The van der Waals surface area contributed by atoms with Crippen molar-refractivity contribution < 1.29 is 23.0 Å². The highest BCUT2D eigenvalue weighted by Gasteiger charge is 2.35. The Kier molecular flexibility index (Phi) is 7.54. The Bertz CT molecular complexity index is 1910. The predicted molar refractivity (Wildman–Crippen MR) is 169 cm³/mol. The van der Waals surface area contributed by atoms with Gasteiger partial charge in [-0.25, -0.2) is 8.78 Å². The average Bonchev–Trinajstić information content (AvgIpc) is 3.55. The van der Waals surface area contributed by atoms with Crippen LogP contribution in [0.4, 0.5) is 19.6 Å². The molecule has 2 atom stereocenters. The molecule has 3 aliphatic heterocycles. The van der Waals surface area contributed by atoms with Crippen LogP contribution in [-0.2, 0) is 4.79 Å². The lowest BCUT2D eigenvalue weighted by atomic mass is 9.96. The minimum atomic E-state index is -0.784. The lowest BCUT2D eigenvalue weighted by Crippen LogP contribution is -2.43. The third kappa shape index (κ3) is 4.86. The van der Waals surface area contributed by atoms with Gasteiger partial charge in [-0.3, -0.25) is 9.69 Å². The van der Waals surface area contributed by atoms with E-state index in [1.807, 2.05) is 18.0 Å². The summed E-state index contributed by atoms with van der Waals surface area (Å²) in [4.78, 5) is 28.3. The molecule has 10 nitrogen and oxygen atoms in total. The Morgan fingerprint density at radius 1 is 1.13 bits per heavy atom. The van der Waals surface area contributed by atoms with Gasteiger partial charge >= 0.3 is 6.01 Å². The molecule has 2 aromatic heterocycles. The number of carbonyl (C=O) groups excluding carboxylic acids is 1. The Morgan fingerprint density at radius 3 is 2.71 bits per heavy atom. The number of rotatable bonds is 2. The topological polar surface area (TPSA) is 121 Å². The van der Waals surface area contributed by atoms with Crippen LogP contribution < -0.4 is 20.1 Å². The second-order valence-corrected chi connectivity index (χ2v) is 13.1. The number of halogens is 3. The summed E-state index contributed by atoms with van der Waals surface area (Å²) in [5.74, 6) is -0.789. The molecule has 0 radical (unpaired) electrons. The standard InChI is InChI=1S/C31H30ClF2N7O3S/c1-39-9-3-4-18(39)19-7-8-20(42)40(2)10-11-41-12-13-43-27-23-26(37-31(44-19)38-30(23)41)25(34)22(24(27)32)15-5-6-17(33)28-21(15)16(14-35)29(36)45-28/h5-6,18-19H,3-4,7-13,36H2,1-2H3/t18-,19?/m0/s1. The third-order valence-corrected chi connectivity index (χ3v) is 10.5. The number of likely N-dealkylation sites (N-methyl/N-ethyl adjacent to an activating group) is 2. The molecule has 7 rings (SSSR count). The lowest BCUT2D eigenvalue weighted by Gasteiger charge is -2.31. The Hall–Kier alpha value is -3.99. The van der Waals surface area contributed by atoms with E-state index >= 15 is 4.39 Å². The van der Waals surface area contributed by atoms with Crippen LogP contribution in [0.5, 0.6) is 11.8 Å². The van der Waals surface area contributed by atoms with E-state index in [1.54, 1.807) is 11.9 Å². The van der Waals surface area contributed by atoms with Crippen LogP contribution in [0, 0.1) is 23.0 Å². The number of amides is 1. The maximum absolute atomic E-state index is 17.0. The number of likely N-dealkylation sites (tertiary alicyclic amines) is 1. The summed E-state index contributed by atoms with van der Waals surface area (Å²) in [6.07, 6.45) is 2.21. The molecule has 45 heavy (non-hydrogen) atoms. The van der Waals surface area contributed by atoms with Gasteiger partial charge in [0.05, 0.1) is 27.2 Å². The fraction of sp³-hybridized carbons (Fsp3) is 0.419. The fourth-order valence-corrected chi connectivity index (χ4v) is 7.98. The van der Waals surface area contributed by atoms with Gasteiger partial charge in [0.1, 0.15) is 40.9 Å². The summed E-state index contributed by atoms with van der Waals surface area (Å²) in [6, 6.07) is 4.64. The van der Waals surface area contributed by atoms with E-state index in [0.717, 1.165) is 30.7 Å². The van der Waals surface area contributed by atoms with Crippen molar-refractivity contribution in [3.63, 3.8) is 0 Å². The molecular weight excluding hydrogens is 624 g/mol. The molecule has 1 unspecified atom stereocenters. The molecule has 1 amide bonds. The van der Waals surface area contributed by atoms with Gasteiger partial charge in [0.25, 0.3) is 0 Å². The molecule has 14 heteroatoms. The van der Waals surface area contributed by atoms with E-state index in [4.69, 9.17) is 31.8 Å². The summed E-state index contributed by atoms with van der Waals surface area (Å²) in [5, 5.41) is 10.4. The maximum Gasteiger partial charge on any atom is 0.319 e. The van der Waals surface area contributed by atoms with Crippen molar-refractivity contribution in [1.82, 2.24) is 19.8 Å². The van der Waals surface area contributed by atoms with E-state index in [2.05, 4.69) is 9.88 Å². The molecule has 1 fully saturated rings. The first kappa shape index (κ1) is 29.7. The van der Waals surface area contributed by atoms with Crippen molar-refractivity contribution in [1.29, 1.82) is 5.26 Å². The van der Waals surface area contributed by atoms with Gasteiger partial charge in [0.15, 0.2) is 11.6 Å². The van der Waals surface area contributed by atoms with Gasteiger partial charge in [-0.2, -0.15) is 15.2 Å². The van der Waals surface area contributed by atoms with E-state index in [0.29, 0.717) is 38.3 Å². The number of nitrogens with zero attached hydrogens (tertiary/aromatic N) is 6. The zero-order valence-electron chi connectivity index (χ0n) is 24.7. The highest BCUT2D eigenvalue weighted by Crippen LogP contribution is 2.50. The summed E-state index contributed by atoms with van der Waals surface area (Å²) < 4.78 is 44.7. The number of fused-ring (bicyclic) bond motifs is 2. The van der Waals surface area contributed by atoms with Crippen LogP contribution in [-0.4, -0.2) is 84.7 Å². The van der Waals surface area contributed by atoms with Crippen molar-refractivity contribution in [3.05, 3.63) is 34.4 Å². The lowest BCUT2D eigenvalue weighted by molar-refractivity contribution is -0.130. The van der Waals surface area contributed by atoms with Crippen LogP contribution >= 0.6 is 22.9 Å². The largest absolute Gasteiger partial charge is 0.489 e. The highest BCUT2D eigenvalue weighted by molar-refractivity contribution is 7.23. The third-order valence-electron chi connectivity index (χ3n) is 9.09. The molecular formula is C31H30ClF2N7O3S. The molecule has 0 spiro atoms. The molecule has 5 heterocycles. The monoisotopic (exact) mass is 653 g/mol. The summed E-state index contributed by atoms with van der Waals surface area (Å²) in [7, 11) is 3.80. The molecule has 2 aromatic carbocycles. The number of carbonyl (C=O) groups is 1. The number of hydrogen-bond acceptors (Lipinski definition) is 10. The van der Waals surface area contributed by atoms with E-state index in [9.17, 15) is 14.4 Å². The van der Waals surface area contributed by atoms with E-state index < -0.39 is 17.7 Å². The molecule has 2 bridgehead atoms. The summed E-state index contributed by atoms with van der Waals surface area (Å²) in [6.45, 7) is 2.29. The SMILES string of the molecule is CN1CCN2CCOc3c(Cl)c(-c4ccc(F)c5sc(N)c(C#N)c45)c(F)c4nc(nc2c34)OC([C@@H]2CCCN2C)CCC1=O. The number of ether oxygens (including phenoxy) is 2. The summed E-state index contributed by atoms with van der Waals surface area (Å²) in [5.41, 5.74) is 6.16. The molecule has 0 aliphatic carbocycles. The number of nitriles is 1. The van der Waals surface area contributed by atoms with Gasteiger partial charge in [-0.05, 0) is 44.5 Å². The molecule has 1 saturated heterocycles. The van der Waals surface area contributed by atoms with Gasteiger partial charge < -0.3 is 25.0 Å². The van der Waals surface area contributed by atoms with E-state index in [1.165, 1.54) is 12.1 Å². The first-order chi connectivity index (χ1) is 21.7.